The van der Waals surface area contributed by atoms with Crippen LogP contribution in [0.2, 0.25) is 0 Å². The van der Waals surface area contributed by atoms with E-state index in [0.717, 1.165) is 0 Å². The summed E-state index contributed by atoms with van der Waals surface area (Å²) in [5, 5.41) is 0.701. The Morgan fingerprint density at radius 1 is 0.926 bits per heavy atom. The summed E-state index contributed by atoms with van der Waals surface area (Å²) in [6, 6.07) is 11.8. The van der Waals surface area contributed by atoms with Gasteiger partial charge < -0.3 is 18.6 Å². The minimum Gasteiger partial charge on any atom is -0.497 e. The van der Waals surface area contributed by atoms with Gasteiger partial charge in [0, 0.05) is 23.1 Å². The summed E-state index contributed by atoms with van der Waals surface area (Å²) in [5.41, 5.74) is 0.793. The monoisotopic (exact) mass is 368 g/mol. The molecule has 0 saturated carbocycles. The fourth-order valence-electron chi connectivity index (χ4n) is 2.60. The Morgan fingerprint density at radius 3 is 2.33 bits per heavy atom. The lowest BCUT2D eigenvalue weighted by molar-refractivity contribution is -0.137. The molecule has 0 aliphatic rings. The normalized spacial score (nSPS) is 10.9. The van der Waals surface area contributed by atoms with Crippen LogP contribution in [0.5, 0.6) is 17.2 Å². The van der Waals surface area contributed by atoms with Gasteiger partial charge in [0.2, 0.25) is 0 Å². The average molecular weight is 368 g/mol. The van der Waals surface area contributed by atoms with Crippen LogP contribution in [0.4, 0.5) is 0 Å². The molecule has 140 valence electrons. The van der Waals surface area contributed by atoms with E-state index in [-0.39, 0.29) is 11.9 Å². The van der Waals surface area contributed by atoms with Crippen molar-refractivity contribution in [2.75, 3.05) is 14.2 Å². The first-order chi connectivity index (χ1) is 12.9. The number of carbonyl (C=O) groups excluding carboxylic acids is 1. The van der Waals surface area contributed by atoms with Gasteiger partial charge in [0.15, 0.2) is 0 Å². The Labute approximate surface area is 156 Å². The van der Waals surface area contributed by atoms with E-state index in [1.165, 1.54) is 13.2 Å². The lowest BCUT2D eigenvalue weighted by Crippen LogP contribution is -2.14. The van der Waals surface area contributed by atoms with Crippen molar-refractivity contribution < 1.29 is 23.4 Å². The van der Waals surface area contributed by atoms with Crippen molar-refractivity contribution in [1.29, 1.82) is 0 Å². The van der Waals surface area contributed by atoms with Gasteiger partial charge in [-0.3, -0.25) is 4.79 Å². The summed E-state index contributed by atoms with van der Waals surface area (Å²) < 4.78 is 21.3. The van der Waals surface area contributed by atoms with Crippen LogP contribution in [0, 0.1) is 5.92 Å². The number of ether oxygens (including phenoxy) is 3. The SMILES string of the molecule is COc1ccc(-c2cc3ccc(OC(=O)C(C)C)cc3oc2=O)c(OC)c1. The van der Waals surface area contributed by atoms with Gasteiger partial charge in [0.05, 0.1) is 25.7 Å². The highest BCUT2D eigenvalue weighted by Crippen LogP contribution is 2.33. The van der Waals surface area contributed by atoms with Crippen LogP contribution in [0.3, 0.4) is 0 Å². The van der Waals surface area contributed by atoms with Crippen LogP contribution >= 0.6 is 0 Å². The van der Waals surface area contributed by atoms with Gasteiger partial charge in [-0.15, -0.1) is 0 Å². The van der Waals surface area contributed by atoms with Crippen molar-refractivity contribution in [3.8, 4) is 28.4 Å². The molecular weight excluding hydrogens is 348 g/mol. The largest absolute Gasteiger partial charge is 0.497 e. The molecule has 0 radical (unpaired) electrons. The molecule has 2 aromatic carbocycles. The van der Waals surface area contributed by atoms with Gasteiger partial charge in [0.25, 0.3) is 0 Å². The summed E-state index contributed by atoms with van der Waals surface area (Å²) in [6.07, 6.45) is 0. The smallest absolute Gasteiger partial charge is 0.344 e. The number of methoxy groups -OCH3 is 2. The molecule has 6 nitrogen and oxygen atoms in total. The van der Waals surface area contributed by atoms with Gasteiger partial charge in [-0.05, 0) is 30.3 Å². The molecule has 0 aliphatic carbocycles. The van der Waals surface area contributed by atoms with E-state index in [4.69, 9.17) is 18.6 Å². The summed E-state index contributed by atoms with van der Waals surface area (Å²) in [5.74, 6) is 0.855. The first-order valence-corrected chi connectivity index (χ1v) is 8.45. The highest BCUT2D eigenvalue weighted by molar-refractivity contribution is 5.85. The molecule has 1 aromatic heterocycles. The van der Waals surface area contributed by atoms with Gasteiger partial charge in [0.1, 0.15) is 22.8 Å². The zero-order chi connectivity index (χ0) is 19.6. The zero-order valence-corrected chi connectivity index (χ0v) is 15.6. The molecule has 0 fully saturated rings. The second-order valence-corrected chi connectivity index (χ2v) is 6.29. The van der Waals surface area contributed by atoms with Crippen molar-refractivity contribution in [3.05, 3.63) is 52.9 Å². The van der Waals surface area contributed by atoms with Gasteiger partial charge in [-0.2, -0.15) is 0 Å². The number of benzene rings is 2. The fourth-order valence-corrected chi connectivity index (χ4v) is 2.60. The maximum atomic E-state index is 12.5. The summed E-state index contributed by atoms with van der Waals surface area (Å²) in [4.78, 5) is 24.3. The first-order valence-electron chi connectivity index (χ1n) is 8.45. The molecule has 0 spiro atoms. The van der Waals surface area contributed by atoms with E-state index in [2.05, 4.69) is 0 Å². The van der Waals surface area contributed by atoms with Crippen LogP contribution in [-0.4, -0.2) is 20.2 Å². The summed E-state index contributed by atoms with van der Waals surface area (Å²) in [6.45, 7) is 3.50. The molecule has 1 heterocycles. The molecule has 0 aliphatic heterocycles. The van der Waals surface area contributed by atoms with Gasteiger partial charge in [-0.25, -0.2) is 4.79 Å². The van der Waals surface area contributed by atoms with Crippen molar-refractivity contribution >= 4 is 16.9 Å². The Hall–Kier alpha value is -3.28. The third-order valence-corrected chi connectivity index (χ3v) is 4.10. The third kappa shape index (κ3) is 3.79. The minimum absolute atomic E-state index is 0.252. The zero-order valence-electron chi connectivity index (χ0n) is 15.6. The van der Waals surface area contributed by atoms with Gasteiger partial charge in [-0.1, -0.05) is 13.8 Å². The standard InChI is InChI=1S/C21H20O6/c1-12(2)20(22)26-15-6-5-13-9-17(21(23)27-18(13)11-15)16-8-7-14(24-3)10-19(16)25-4/h5-12H,1-4H3. The molecule has 0 unspecified atom stereocenters. The molecule has 6 heteroatoms. The molecule has 27 heavy (non-hydrogen) atoms. The molecule has 0 amide bonds. The predicted octanol–water partition coefficient (Wildman–Crippen LogP) is 4.04. The Bertz CT molecular complexity index is 1050. The van der Waals surface area contributed by atoms with E-state index < -0.39 is 5.63 Å². The number of carbonyl (C=O) groups is 1. The van der Waals surface area contributed by atoms with Gasteiger partial charge >= 0.3 is 11.6 Å². The van der Waals surface area contributed by atoms with Crippen LogP contribution in [0.1, 0.15) is 13.8 Å². The molecule has 0 bridgehead atoms. The number of hydrogen-bond donors (Lipinski definition) is 0. The highest BCUT2D eigenvalue weighted by Gasteiger charge is 2.15. The fraction of sp³-hybridized carbons (Fsp3) is 0.238. The quantitative estimate of drug-likeness (QED) is 0.384. The van der Waals surface area contributed by atoms with Crippen LogP contribution in [-0.2, 0) is 4.79 Å². The summed E-state index contributed by atoms with van der Waals surface area (Å²) in [7, 11) is 3.08. The lowest BCUT2D eigenvalue weighted by atomic mass is 10.0. The Kier molecular flexibility index (Phi) is 5.16. The van der Waals surface area contributed by atoms with Crippen molar-refractivity contribution in [2.24, 2.45) is 5.92 Å². The van der Waals surface area contributed by atoms with E-state index in [9.17, 15) is 9.59 Å². The van der Waals surface area contributed by atoms with Crippen molar-refractivity contribution in [2.45, 2.75) is 13.8 Å². The Morgan fingerprint density at radius 2 is 1.67 bits per heavy atom. The average Bonchev–Trinajstić information content (AvgIpc) is 2.66. The molecule has 0 saturated heterocycles. The molecule has 3 rings (SSSR count). The van der Waals surface area contributed by atoms with E-state index in [0.29, 0.717) is 39.3 Å². The van der Waals surface area contributed by atoms with Crippen LogP contribution in [0.15, 0.2) is 51.7 Å². The molecule has 0 N–H and O–H groups in total. The van der Waals surface area contributed by atoms with Crippen LogP contribution < -0.4 is 19.8 Å². The molecule has 0 atom stereocenters. The Balaban J connectivity index is 2.06. The molecule has 3 aromatic rings. The van der Waals surface area contributed by atoms with Crippen molar-refractivity contribution in [1.82, 2.24) is 0 Å². The highest BCUT2D eigenvalue weighted by atomic mass is 16.5. The van der Waals surface area contributed by atoms with Crippen molar-refractivity contribution in [3.63, 3.8) is 0 Å². The lowest BCUT2D eigenvalue weighted by Gasteiger charge is -2.11. The number of esters is 1. The topological polar surface area (TPSA) is 75.0 Å². The number of hydrogen-bond acceptors (Lipinski definition) is 6. The number of rotatable bonds is 5. The molecular formula is C21H20O6. The maximum Gasteiger partial charge on any atom is 0.344 e. The minimum atomic E-state index is -0.515. The first kappa shape index (κ1) is 18.5. The summed E-state index contributed by atoms with van der Waals surface area (Å²) >= 11 is 0. The predicted molar refractivity (Wildman–Crippen MR) is 101 cm³/mol. The second-order valence-electron chi connectivity index (χ2n) is 6.29. The van der Waals surface area contributed by atoms with Crippen LogP contribution in [0.25, 0.3) is 22.1 Å². The van der Waals surface area contributed by atoms with E-state index in [1.54, 1.807) is 57.4 Å². The second kappa shape index (κ2) is 7.53. The maximum absolute atomic E-state index is 12.5. The van der Waals surface area contributed by atoms with E-state index >= 15 is 0 Å². The third-order valence-electron chi connectivity index (χ3n) is 4.10. The number of fused-ring (bicyclic) bond motifs is 1. The van der Waals surface area contributed by atoms with E-state index in [1.807, 2.05) is 0 Å².